The smallest absolute Gasteiger partial charge is 0.251 e. The molecule has 1 heterocycles. The van der Waals surface area contributed by atoms with E-state index in [0.717, 1.165) is 38.3 Å². The second-order valence-corrected chi connectivity index (χ2v) is 8.35. The van der Waals surface area contributed by atoms with Gasteiger partial charge in [-0.15, -0.1) is 12.4 Å². The first kappa shape index (κ1) is 23.8. The third-order valence-corrected chi connectivity index (χ3v) is 6.77. The van der Waals surface area contributed by atoms with E-state index in [0.29, 0.717) is 25.2 Å². The van der Waals surface area contributed by atoms with Crippen molar-refractivity contribution in [2.24, 2.45) is 0 Å². The molecule has 9 heteroatoms. The highest BCUT2D eigenvalue weighted by atomic mass is 35.5. The van der Waals surface area contributed by atoms with Crippen molar-refractivity contribution in [3.05, 3.63) is 29.3 Å². The number of sulfonamides is 1. The van der Waals surface area contributed by atoms with Gasteiger partial charge in [0, 0.05) is 57.9 Å². The number of hydrogen-bond acceptors (Lipinski definition) is 5. The van der Waals surface area contributed by atoms with Gasteiger partial charge in [-0.05, 0) is 24.6 Å². The molecule has 1 aliphatic rings. The van der Waals surface area contributed by atoms with Crippen LogP contribution in [-0.2, 0) is 10.0 Å². The predicted octanol–water partition coefficient (Wildman–Crippen LogP) is 1.08. The van der Waals surface area contributed by atoms with Crippen molar-refractivity contribution in [2.75, 3.05) is 52.4 Å². The summed E-state index contributed by atoms with van der Waals surface area (Å²) in [5.74, 6) is -0.228. The molecule has 1 saturated heterocycles. The van der Waals surface area contributed by atoms with Gasteiger partial charge in [0.2, 0.25) is 10.0 Å². The third kappa shape index (κ3) is 6.15. The number of nitrogens with zero attached hydrogens (tertiary/aromatic N) is 2. The molecule has 7 nitrogen and oxygen atoms in total. The first-order valence-corrected chi connectivity index (χ1v) is 10.7. The van der Waals surface area contributed by atoms with Gasteiger partial charge in [0.15, 0.2) is 0 Å². The van der Waals surface area contributed by atoms with Crippen LogP contribution in [0.5, 0.6) is 0 Å². The number of rotatable bonds is 8. The fourth-order valence-corrected chi connectivity index (χ4v) is 4.56. The van der Waals surface area contributed by atoms with E-state index in [1.165, 1.54) is 10.4 Å². The molecule has 1 amide bonds. The second kappa shape index (κ2) is 11.0. The molecule has 0 aliphatic carbocycles. The molecule has 0 saturated carbocycles. The van der Waals surface area contributed by atoms with Crippen LogP contribution in [0.4, 0.5) is 0 Å². The van der Waals surface area contributed by atoms with E-state index in [9.17, 15) is 13.2 Å². The Labute approximate surface area is 168 Å². The molecule has 2 N–H and O–H groups in total. The van der Waals surface area contributed by atoms with Gasteiger partial charge in [-0.2, -0.15) is 4.31 Å². The number of benzene rings is 1. The van der Waals surface area contributed by atoms with Gasteiger partial charge in [-0.3, -0.25) is 9.69 Å². The zero-order valence-electron chi connectivity index (χ0n) is 16.3. The SMILES string of the molecule is CCN(CC)S(=O)(=O)c1ccc(C)c(C(=O)NCCN2CCNCC2)c1.Cl. The predicted molar refractivity (Wildman–Crippen MR) is 110 cm³/mol. The second-order valence-electron chi connectivity index (χ2n) is 6.41. The molecular formula is C18H31ClN4O3S. The summed E-state index contributed by atoms with van der Waals surface area (Å²) in [4.78, 5) is 15.0. The standard InChI is InChI=1S/C18H30N4O3S.ClH/c1-4-22(5-2)26(24,25)16-7-6-15(3)17(14-16)18(23)20-10-13-21-11-8-19-9-12-21;/h6-7,14,19H,4-5,8-13H2,1-3H3,(H,20,23);1H. The number of nitrogens with one attached hydrogen (secondary N) is 2. The molecule has 0 bridgehead atoms. The maximum absolute atomic E-state index is 12.7. The molecule has 0 atom stereocenters. The molecule has 0 aromatic heterocycles. The van der Waals surface area contributed by atoms with Crippen LogP contribution >= 0.6 is 12.4 Å². The molecule has 0 unspecified atom stereocenters. The minimum absolute atomic E-state index is 0. The zero-order chi connectivity index (χ0) is 19.2. The molecular weight excluding hydrogens is 388 g/mol. The molecule has 2 rings (SSSR count). The van der Waals surface area contributed by atoms with E-state index in [-0.39, 0.29) is 23.2 Å². The lowest BCUT2D eigenvalue weighted by Gasteiger charge is -2.27. The topological polar surface area (TPSA) is 81.8 Å². The molecule has 1 aromatic carbocycles. The van der Waals surface area contributed by atoms with Crippen LogP contribution < -0.4 is 10.6 Å². The molecule has 0 spiro atoms. The normalized spacial score (nSPS) is 15.4. The van der Waals surface area contributed by atoms with E-state index in [1.807, 2.05) is 6.92 Å². The van der Waals surface area contributed by atoms with Crippen molar-refractivity contribution in [1.82, 2.24) is 19.8 Å². The van der Waals surface area contributed by atoms with Crippen LogP contribution in [0.3, 0.4) is 0 Å². The first-order valence-electron chi connectivity index (χ1n) is 9.22. The third-order valence-electron chi connectivity index (χ3n) is 4.72. The number of piperazine rings is 1. The van der Waals surface area contributed by atoms with Crippen LogP contribution in [0, 0.1) is 6.92 Å². The minimum atomic E-state index is -3.57. The monoisotopic (exact) mass is 418 g/mol. The fraction of sp³-hybridized carbons (Fsp3) is 0.611. The van der Waals surface area contributed by atoms with E-state index in [1.54, 1.807) is 26.0 Å². The number of aryl methyl sites for hydroxylation is 1. The van der Waals surface area contributed by atoms with E-state index in [2.05, 4.69) is 15.5 Å². The highest BCUT2D eigenvalue weighted by Crippen LogP contribution is 2.19. The Balaban J connectivity index is 0.00000364. The summed E-state index contributed by atoms with van der Waals surface area (Å²) in [7, 11) is -3.57. The first-order chi connectivity index (χ1) is 12.4. The van der Waals surface area contributed by atoms with E-state index < -0.39 is 10.0 Å². The maximum atomic E-state index is 12.7. The Morgan fingerprint density at radius 1 is 1.22 bits per heavy atom. The van der Waals surface area contributed by atoms with Crippen molar-refractivity contribution in [2.45, 2.75) is 25.7 Å². The van der Waals surface area contributed by atoms with Crippen LogP contribution in [0.15, 0.2) is 23.1 Å². The molecule has 1 aromatic rings. The summed E-state index contributed by atoms with van der Waals surface area (Å²) in [6.07, 6.45) is 0. The van der Waals surface area contributed by atoms with Crippen LogP contribution in [0.2, 0.25) is 0 Å². The average molecular weight is 419 g/mol. The highest BCUT2D eigenvalue weighted by molar-refractivity contribution is 7.89. The highest BCUT2D eigenvalue weighted by Gasteiger charge is 2.23. The molecule has 0 radical (unpaired) electrons. The number of carbonyl (C=O) groups is 1. The van der Waals surface area contributed by atoms with E-state index >= 15 is 0 Å². The van der Waals surface area contributed by atoms with Crippen molar-refractivity contribution in [3.8, 4) is 0 Å². The minimum Gasteiger partial charge on any atom is -0.351 e. The number of amides is 1. The molecule has 1 fully saturated rings. The van der Waals surface area contributed by atoms with Crippen molar-refractivity contribution >= 4 is 28.3 Å². The summed E-state index contributed by atoms with van der Waals surface area (Å²) >= 11 is 0. The quantitative estimate of drug-likeness (QED) is 0.660. The Bertz CT molecular complexity index is 717. The summed E-state index contributed by atoms with van der Waals surface area (Å²) in [5.41, 5.74) is 1.18. The van der Waals surface area contributed by atoms with Crippen LogP contribution in [-0.4, -0.2) is 75.9 Å². The Morgan fingerprint density at radius 2 is 1.85 bits per heavy atom. The molecule has 1 aliphatic heterocycles. The summed E-state index contributed by atoms with van der Waals surface area (Å²) in [6.45, 7) is 11.5. The molecule has 27 heavy (non-hydrogen) atoms. The zero-order valence-corrected chi connectivity index (χ0v) is 18.0. The number of hydrogen-bond donors (Lipinski definition) is 2. The van der Waals surface area contributed by atoms with Gasteiger partial charge in [0.05, 0.1) is 4.90 Å². The van der Waals surface area contributed by atoms with Gasteiger partial charge in [-0.25, -0.2) is 8.42 Å². The average Bonchev–Trinajstić information content (AvgIpc) is 2.63. The lowest BCUT2D eigenvalue weighted by atomic mass is 10.1. The van der Waals surface area contributed by atoms with Crippen LogP contribution in [0.1, 0.15) is 29.8 Å². The van der Waals surface area contributed by atoms with Gasteiger partial charge in [0.1, 0.15) is 0 Å². The Kier molecular flexibility index (Phi) is 9.69. The van der Waals surface area contributed by atoms with Crippen molar-refractivity contribution < 1.29 is 13.2 Å². The van der Waals surface area contributed by atoms with Crippen LogP contribution in [0.25, 0.3) is 0 Å². The summed E-state index contributed by atoms with van der Waals surface area (Å²) in [6, 6.07) is 4.76. The largest absolute Gasteiger partial charge is 0.351 e. The summed E-state index contributed by atoms with van der Waals surface area (Å²) in [5, 5.41) is 6.21. The fourth-order valence-electron chi connectivity index (χ4n) is 3.08. The van der Waals surface area contributed by atoms with Gasteiger partial charge in [0.25, 0.3) is 5.91 Å². The Hall–Kier alpha value is -1.19. The number of halogens is 1. The maximum Gasteiger partial charge on any atom is 0.251 e. The summed E-state index contributed by atoms with van der Waals surface area (Å²) < 4.78 is 26.8. The lowest BCUT2D eigenvalue weighted by molar-refractivity contribution is 0.0946. The molecule has 154 valence electrons. The van der Waals surface area contributed by atoms with Gasteiger partial charge < -0.3 is 10.6 Å². The number of carbonyl (C=O) groups excluding carboxylic acids is 1. The van der Waals surface area contributed by atoms with Gasteiger partial charge >= 0.3 is 0 Å². The van der Waals surface area contributed by atoms with Crippen molar-refractivity contribution in [1.29, 1.82) is 0 Å². The van der Waals surface area contributed by atoms with Gasteiger partial charge in [-0.1, -0.05) is 19.9 Å². The lowest BCUT2D eigenvalue weighted by Crippen LogP contribution is -2.46. The Morgan fingerprint density at radius 3 is 2.44 bits per heavy atom. The van der Waals surface area contributed by atoms with E-state index in [4.69, 9.17) is 0 Å². The van der Waals surface area contributed by atoms with Crippen molar-refractivity contribution in [3.63, 3.8) is 0 Å².